The normalized spacial score (nSPS) is 17.8. The summed E-state index contributed by atoms with van der Waals surface area (Å²) in [5, 5.41) is 11.0. The third kappa shape index (κ3) is 7.68. The number of amidine groups is 1. The van der Waals surface area contributed by atoms with Crippen LogP contribution in [-0.4, -0.2) is 47.1 Å². The standard InChI is InChI=1S/C20H37N3O2S/c1-14(2)16(15(3)4)9-6-7-11-22-18(21)10-8-12-26-17-13-19(24)23(5)20(17)25/h14-17H,6-13H2,1-5H3,(H2,21,22). The van der Waals surface area contributed by atoms with Crippen molar-refractivity contribution in [3.63, 3.8) is 0 Å². The van der Waals surface area contributed by atoms with Gasteiger partial charge in [0.25, 0.3) is 0 Å². The molecule has 0 aromatic carbocycles. The first-order valence-electron chi connectivity index (χ1n) is 9.97. The molecule has 0 radical (unpaired) electrons. The van der Waals surface area contributed by atoms with Gasteiger partial charge in [0, 0.05) is 26.4 Å². The smallest absolute Gasteiger partial charge is 0.242 e. The Bertz CT molecular complexity index is 472. The van der Waals surface area contributed by atoms with Gasteiger partial charge in [0.1, 0.15) is 0 Å². The van der Waals surface area contributed by atoms with Crippen LogP contribution in [0, 0.1) is 23.2 Å². The van der Waals surface area contributed by atoms with E-state index in [4.69, 9.17) is 5.41 Å². The van der Waals surface area contributed by atoms with Crippen LogP contribution in [0.1, 0.15) is 66.2 Å². The van der Waals surface area contributed by atoms with Crippen LogP contribution in [0.5, 0.6) is 0 Å². The van der Waals surface area contributed by atoms with E-state index < -0.39 is 0 Å². The summed E-state index contributed by atoms with van der Waals surface area (Å²) in [6, 6.07) is 0. The molecule has 1 unspecified atom stereocenters. The molecular formula is C20H37N3O2S. The number of rotatable bonds is 12. The predicted molar refractivity (Wildman–Crippen MR) is 111 cm³/mol. The summed E-state index contributed by atoms with van der Waals surface area (Å²) in [4.78, 5) is 24.5. The van der Waals surface area contributed by atoms with Gasteiger partial charge < -0.3 is 5.32 Å². The topological polar surface area (TPSA) is 73.3 Å². The lowest BCUT2D eigenvalue weighted by molar-refractivity contribution is -0.136. The number of hydrogen-bond donors (Lipinski definition) is 2. The third-order valence-electron chi connectivity index (χ3n) is 5.25. The fraction of sp³-hybridized carbons (Fsp3) is 0.850. The van der Waals surface area contributed by atoms with Gasteiger partial charge in [-0.05, 0) is 42.8 Å². The fourth-order valence-electron chi connectivity index (χ4n) is 3.60. The molecule has 1 rings (SSSR count). The van der Waals surface area contributed by atoms with E-state index in [1.54, 1.807) is 18.8 Å². The Morgan fingerprint density at radius 1 is 1.19 bits per heavy atom. The van der Waals surface area contributed by atoms with Crippen LogP contribution in [0.3, 0.4) is 0 Å². The Morgan fingerprint density at radius 2 is 1.85 bits per heavy atom. The molecule has 0 aliphatic carbocycles. The number of imide groups is 1. The van der Waals surface area contributed by atoms with Crippen molar-refractivity contribution in [2.24, 2.45) is 17.8 Å². The highest BCUT2D eigenvalue weighted by Gasteiger charge is 2.35. The van der Waals surface area contributed by atoms with E-state index in [0.717, 1.165) is 42.9 Å². The van der Waals surface area contributed by atoms with Crippen LogP contribution in [0.2, 0.25) is 0 Å². The molecule has 6 heteroatoms. The van der Waals surface area contributed by atoms with Crippen LogP contribution in [0.15, 0.2) is 0 Å². The quantitative estimate of drug-likeness (QED) is 0.232. The van der Waals surface area contributed by atoms with E-state index in [-0.39, 0.29) is 17.1 Å². The number of hydrogen-bond acceptors (Lipinski definition) is 4. The van der Waals surface area contributed by atoms with Gasteiger partial charge in [-0.2, -0.15) is 0 Å². The van der Waals surface area contributed by atoms with Crippen molar-refractivity contribution in [2.75, 3.05) is 19.3 Å². The van der Waals surface area contributed by atoms with E-state index in [0.29, 0.717) is 18.7 Å². The van der Waals surface area contributed by atoms with E-state index in [1.165, 1.54) is 17.7 Å². The molecule has 0 saturated carbocycles. The maximum atomic E-state index is 11.8. The van der Waals surface area contributed by atoms with Crippen molar-refractivity contribution < 1.29 is 9.59 Å². The Labute approximate surface area is 163 Å². The molecule has 1 atom stereocenters. The minimum Gasteiger partial charge on any atom is -0.374 e. The fourth-order valence-corrected chi connectivity index (χ4v) is 4.75. The molecule has 1 fully saturated rings. The lowest BCUT2D eigenvalue weighted by atomic mass is 9.82. The number of nitrogens with zero attached hydrogens (tertiary/aromatic N) is 1. The van der Waals surface area contributed by atoms with E-state index >= 15 is 0 Å². The van der Waals surface area contributed by atoms with Gasteiger partial charge >= 0.3 is 0 Å². The van der Waals surface area contributed by atoms with Gasteiger partial charge in [0.2, 0.25) is 11.8 Å². The highest BCUT2D eigenvalue weighted by Crippen LogP contribution is 2.26. The van der Waals surface area contributed by atoms with Crippen molar-refractivity contribution in [3.8, 4) is 0 Å². The maximum absolute atomic E-state index is 11.8. The van der Waals surface area contributed by atoms with Crippen molar-refractivity contribution in [1.29, 1.82) is 5.41 Å². The molecule has 1 saturated heterocycles. The number of carbonyl (C=O) groups is 2. The molecule has 150 valence electrons. The van der Waals surface area contributed by atoms with Crippen molar-refractivity contribution in [3.05, 3.63) is 0 Å². The minimum atomic E-state index is -0.218. The van der Waals surface area contributed by atoms with Gasteiger partial charge in [-0.15, -0.1) is 11.8 Å². The van der Waals surface area contributed by atoms with Crippen LogP contribution < -0.4 is 5.32 Å². The van der Waals surface area contributed by atoms with Gasteiger partial charge in [0.15, 0.2) is 0 Å². The zero-order valence-electron chi connectivity index (χ0n) is 17.1. The first kappa shape index (κ1) is 23.0. The lowest BCUT2D eigenvalue weighted by Gasteiger charge is -2.24. The SMILES string of the molecule is CC(C)C(CCCCNC(=N)CCCSC1CC(=O)N(C)C1=O)C(C)C. The molecule has 0 aromatic rings. The average Bonchev–Trinajstić information content (AvgIpc) is 2.81. The first-order valence-corrected chi connectivity index (χ1v) is 11.0. The minimum absolute atomic E-state index is 0.0747. The largest absolute Gasteiger partial charge is 0.374 e. The van der Waals surface area contributed by atoms with Gasteiger partial charge in [-0.25, -0.2) is 0 Å². The molecular weight excluding hydrogens is 346 g/mol. The van der Waals surface area contributed by atoms with Crippen LogP contribution in [0.25, 0.3) is 0 Å². The molecule has 26 heavy (non-hydrogen) atoms. The molecule has 2 amide bonds. The summed E-state index contributed by atoms with van der Waals surface area (Å²) in [7, 11) is 1.55. The second kappa shape index (κ2) is 11.6. The van der Waals surface area contributed by atoms with Gasteiger partial charge in [0.05, 0.1) is 11.1 Å². The zero-order chi connectivity index (χ0) is 19.7. The highest BCUT2D eigenvalue weighted by molar-refractivity contribution is 8.00. The van der Waals surface area contributed by atoms with Crippen molar-refractivity contribution >= 4 is 29.4 Å². The Hall–Kier alpha value is -1.04. The van der Waals surface area contributed by atoms with Crippen molar-refractivity contribution in [2.45, 2.75) is 71.5 Å². The summed E-state index contributed by atoms with van der Waals surface area (Å²) in [5.74, 6) is 3.50. The van der Waals surface area contributed by atoms with Crippen LogP contribution in [0.4, 0.5) is 0 Å². The molecule has 0 aromatic heterocycles. The number of carbonyl (C=O) groups excluding carboxylic acids is 2. The Kier molecular flexibility index (Phi) is 10.3. The second-order valence-electron chi connectivity index (χ2n) is 8.01. The number of thioether (sulfide) groups is 1. The van der Waals surface area contributed by atoms with Crippen LogP contribution in [-0.2, 0) is 9.59 Å². The number of nitrogens with one attached hydrogen (secondary N) is 2. The predicted octanol–water partition coefficient (Wildman–Crippen LogP) is 3.92. The molecule has 5 nitrogen and oxygen atoms in total. The molecule has 0 bridgehead atoms. The lowest BCUT2D eigenvalue weighted by Crippen LogP contribution is -2.26. The second-order valence-corrected chi connectivity index (χ2v) is 9.32. The van der Waals surface area contributed by atoms with E-state index in [9.17, 15) is 9.59 Å². The molecule has 1 aliphatic rings. The maximum Gasteiger partial charge on any atom is 0.242 e. The van der Waals surface area contributed by atoms with Gasteiger partial charge in [-0.3, -0.25) is 19.9 Å². The Balaban J connectivity index is 2.05. The zero-order valence-corrected chi connectivity index (χ0v) is 18.0. The number of amides is 2. The molecule has 0 spiro atoms. The summed E-state index contributed by atoms with van der Waals surface area (Å²) in [6.07, 6.45) is 5.48. The first-order chi connectivity index (χ1) is 12.2. The highest BCUT2D eigenvalue weighted by atomic mass is 32.2. The summed E-state index contributed by atoms with van der Waals surface area (Å²) >= 11 is 1.55. The summed E-state index contributed by atoms with van der Waals surface area (Å²) in [5.41, 5.74) is 0. The Morgan fingerprint density at radius 3 is 2.38 bits per heavy atom. The van der Waals surface area contributed by atoms with Crippen LogP contribution >= 0.6 is 11.8 Å². The molecule has 2 N–H and O–H groups in total. The monoisotopic (exact) mass is 383 g/mol. The average molecular weight is 384 g/mol. The molecule has 1 aliphatic heterocycles. The molecule has 1 heterocycles. The number of unbranched alkanes of at least 4 members (excludes halogenated alkanes) is 1. The van der Waals surface area contributed by atoms with Gasteiger partial charge in [-0.1, -0.05) is 34.1 Å². The number of likely N-dealkylation sites (tertiary alicyclic amines) is 1. The van der Waals surface area contributed by atoms with E-state index in [2.05, 4.69) is 33.0 Å². The van der Waals surface area contributed by atoms with E-state index in [1.807, 2.05) is 0 Å². The summed E-state index contributed by atoms with van der Waals surface area (Å²) < 4.78 is 0. The third-order valence-corrected chi connectivity index (χ3v) is 6.54. The summed E-state index contributed by atoms with van der Waals surface area (Å²) in [6.45, 7) is 10.1. The van der Waals surface area contributed by atoms with Crippen molar-refractivity contribution in [1.82, 2.24) is 10.2 Å².